The highest BCUT2D eigenvalue weighted by Gasteiger charge is 2.32. The van der Waals surface area contributed by atoms with Crippen LogP contribution in [-0.4, -0.2) is 35.4 Å². The molecule has 1 N–H and O–H groups in total. The molecule has 1 saturated carbocycles. The second-order valence-electron chi connectivity index (χ2n) is 9.92. The van der Waals surface area contributed by atoms with Gasteiger partial charge >= 0.3 is 0 Å². The van der Waals surface area contributed by atoms with E-state index in [4.69, 9.17) is 27.9 Å². The van der Waals surface area contributed by atoms with Gasteiger partial charge in [0, 0.05) is 19.0 Å². The molecule has 1 fully saturated rings. The zero-order valence-electron chi connectivity index (χ0n) is 21.7. The van der Waals surface area contributed by atoms with Crippen LogP contribution >= 0.6 is 23.2 Å². The second-order valence-corrected chi connectivity index (χ2v) is 10.7. The highest BCUT2D eigenvalue weighted by molar-refractivity contribution is 6.42. The standard InChI is InChI=1S/C31H34Cl2N2O3/c1-22-12-15-26(16-13-22)38-21-30(36)35(20-24-14-17-27(32)28(33)18-24)29(19-23-8-4-2-5-9-23)31(37)34-25-10-6-3-7-11-25/h2,4-5,8-9,12-18,25,29H,3,6-7,10-11,19-21H2,1H3,(H,34,37)/t29-/m0/s1. The number of rotatable bonds is 10. The number of hydrogen-bond acceptors (Lipinski definition) is 3. The third kappa shape index (κ3) is 7.99. The molecule has 0 aliphatic heterocycles. The molecule has 7 heteroatoms. The molecule has 0 bridgehead atoms. The van der Waals surface area contributed by atoms with E-state index in [-0.39, 0.29) is 31.0 Å². The number of halogens is 2. The summed E-state index contributed by atoms with van der Waals surface area (Å²) in [7, 11) is 0. The van der Waals surface area contributed by atoms with Crippen molar-refractivity contribution >= 4 is 35.0 Å². The van der Waals surface area contributed by atoms with E-state index in [0.717, 1.165) is 42.4 Å². The van der Waals surface area contributed by atoms with Crippen LogP contribution in [-0.2, 0) is 22.6 Å². The molecule has 1 aliphatic rings. The summed E-state index contributed by atoms with van der Waals surface area (Å²) in [5.74, 6) is 0.172. The van der Waals surface area contributed by atoms with E-state index in [2.05, 4.69) is 5.32 Å². The van der Waals surface area contributed by atoms with Gasteiger partial charge in [-0.3, -0.25) is 9.59 Å². The van der Waals surface area contributed by atoms with Gasteiger partial charge in [0.2, 0.25) is 5.91 Å². The quantitative estimate of drug-likeness (QED) is 0.302. The maximum absolute atomic E-state index is 13.8. The summed E-state index contributed by atoms with van der Waals surface area (Å²) in [6.07, 6.45) is 5.70. The summed E-state index contributed by atoms with van der Waals surface area (Å²) in [4.78, 5) is 29.1. The number of ether oxygens (including phenoxy) is 1. The fourth-order valence-corrected chi connectivity index (χ4v) is 5.12. The van der Waals surface area contributed by atoms with E-state index in [0.29, 0.717) is 22.2 Å². The van der Waals surface area contributed by atoms with Crippen molar-refractivity contribution in [3.63, 3.8) is 0 Å². The molecule has 200 valence electrons. The number of nitrogens with one attached hydrogen (secondary N) is 1. The Bertz CT molecular complexity index is 1210. The predicted octanol–water partition coefficient (Wildman–Crippen LogP) is 6.77. The minimum absolute atomic E-state index is 0.125. The van der Waals surface area contributed by atoms with Crippen LogP contribution in [0.2, 0.25) is 10.0 Å². The van der Waals surface area contributed by atoms with E-state index < -0.39 is 6.04 Å². The number of hydrogen-bond donors (Lipinski definition) is 1. The molecule has 3 aromatic rings. The van der Waals surface area contributed by atoms with Crippen LogP contribution in [0.5, 0.6) is 5.75 Å². The maximum atomic E-state index is 13.8. The van der Waals surface area contributed by atoms with Gasteiger partial charge in [-0.1, -0.05) is 96.6 Å². The molecule has 0 spiro atoms. The summed E-state index contributed by atoms with van der Waals surface area (Å²) >= 11 is 12.4. The molecule has 38 heavy (non-hydrogen) atoms. The van der Waals surface area contributed by atoms with Crippen molar-refractivity contribution in [2.45, 2.75) is 64.1 Å². The molecule has 0 radical (unpaired) electrons. The lowest BCUT2D eigenvalue weighted by molar-refractivity contribution is -0.143. The minimum atomic E-state index is -0.720. The van der Waals surface area contributed by atoms with Crippen molar-refractivity contribution < 1.29 is 14.3 Å². The first-order chi connectivity index (χ1) is 18.4. The molecule has 0 unspecified atom stereocenters. The van der Waals surface area contributed by atoms with Crippen LogP contribution in [0.4, 0.5) is 0 Å². The Labute approximate surface area is 235 Å². The fourth-order valence-electron chi connectivity index (χ4n) is 4.80. The third-order valence-corrected chi connectivity index (χ3v) is 7.68. The Hall–Kier alpha value is -3.02. The predicted molar refractivity (Wildman–Crippen MR) is 153 cm³/mol. The number of benzene rings is 3. The van der Waals surface area contributed by atoms with Gasteiger partial charge in [0.15, 0.2) is 6.61 Å². The monoisotopic (exact) mass is 552 g/mol. The van der Waals surface area contributed by atoms with Crippen molar-refractivity contribution in [3.05, 3.63) is 99.5 Å². The van der Waals surface area contributed by atoms with Gasteiger partial charge in [-0.15, -0.1) is 0 Å². The van der Waals surface area contributed by atoms with Crippen molar-refractivity contribution in [2.24, 2.45) is 0 Å². The first kappa shape index (κ1) is 28.0. The topological polar surface area (TPSA) is 58.6 Å². The van der Waals surface area contributed by atoms with E-state index in [1.807, 2.05) is 67.6 Å². The number of amides is 2. The van der Waals surface area contributed by atoms with Gasteiger partial charge in [-0.25, -0.2) is 0 Å². The molecule has 1 aliphatic carbocycles. The summed E-state index contributed by atoms with van der Waals surface area (Å²) in [6, 6.07) is 22.0. The summed E-state index contributed by atoms with van der Waals surface area (Å²) in [6.45, 7) is 2.00. The molecular weight excluding hydrogens is 519 g/mol. The summed E-state index contributed by atoms with van der Waals surface area (Å²) < 4.78 is 5.84. The molecule has 2 amide bonds. The SMILES string of the molecule is Cc1ccc(OCC(=O)N(Cc2ccc(Cl)c(Cl)c2)[C@@H](Cc2ccccc2)C(=O)NC2CCCCC2)cc1. The van der Waals surface area contributed by atoms with Gasteiger partial charge in [-0.05, 0) is 55.2 Å². The lowest BCUT2D eigenvalue weighted by atomic mass is 9.94. The van der Waals surface area contributed by atoms with E-state index in [1.54, 1.807) is 17.0 Å². The summed E-state index contributed by atoms with van der Waals surface area (Å²) in [5.41, 5.74) is 2.86. The van der Waals surface area contributed by atoms with Gasteiger partial charge in [0.1, 0.15) is 11.8 Å². The van der Waals surface area contributed by atoms with Crippen LogP contribution in [0.15, 0.2) is 72.8 Å². The van der Waals surface area contributed by atoms with Crippen LogP contribution in [0.3, 0.4) is 0 Å². The average Bonchev–Trinajstić information content (AvgIpc) is 2.93. The average molecular weight is 554 g/mol. The van der Waals surface area contributed by atoms with Crippen molar-refractivity contribution in [1.29, 1.82) is 0 Å². The highest BCUT2D eigenvalue weighted by Crippen LogP contribution is 2.25. The normalized spacial score (nSPS) is 14.5. The smallest absolute Gasteiger partial charge is 0.261 e. The Balaban J connectivity index is 1.62. The van der Waals surface area contributed by atoms with E-state index in [9.17, 15) is 9.59 Å². The van der Waals surface area contributed by atoms with Gasteiger partial charge in [0.05, 0.1) is 10.0 Å². The zero-order valence-corrected chi connectivity index (χ0v) is 23.2. The summed E-state index contributed by atoms with van der Waals surface area (Å²) in [5, 5.41) is 4.08. The van der Waals surface area contributed by atoms with Gasteiger partial charge < -0.3 is 15.0 Å². The lowest BCUT2D eigenvalue weighted by Gasteiger charge is -2.33. The van der Waals surface area contributed by atoms with Crippen LogP contribution in [0.1, 0.15) is 48.8 Å². The van der Waals surface area contributed by atoms with Crippen LogP contribution in [0.25, 0.3) is 0 Å². The molecule has 5 nitrogen and oxygen atoms in total. The number of nitrogens with zero attached hydrogens (tertiary/aromatic N) is 1. The second kappa shape index (κ2) is 13.7. The molecule has 3 aromatic carbocycles. The van der Waals surface area contributed by atoms with Crippen molar-refractivity contribution in [3.8, 4) is 5.75 Å². The van der Waals surface area contributed by atoms with E-state index in [1.165, 1.54) is 6.42 Å². The molecule has 0 saturated heterocycles. The molecule has 0 heterocycles. The van der Waals surface area contributed by atoms with Gasteiger partial charge in [-0.2, -0.15) is 0 Å². The number of aryl methyl sites for hydroxylation is 1. The number of carbonyl (C=O) groups is 2. The Morgan fingerprint density at radius 2 is 1.63 bits per heavy atom. The van der Waals surface area contributed by atoms with Crippen LogP contribution < -0.4 is 10.1 Å². The van der Waals surface area contributed by atoms with Crippen molar-refractivity contribution in [1.82, 2.24) is 10.2 Å². The Morgan fingerprint density at radius 1 is 0.921 bits per heavy atom. The minimum Gasteiger partial charge on any atom is -0.484 e. The highest BCUT2D eigenvalue weighted by atomic mass is 35.5. The largest absolute Gasteiger partial charge is 0.484 e. The molecule has 1 atom stereocenters. The van der Waals surface area contributed by atoms with Crippen LogP contribution in [0, 0.1) is 6.92 Å². The van der Waals surface area contributed by atoms with Gasteiger partial charge in [0.25, 0.3) is 5.91 Å². The Morgan fingerprint density at radius 3 is 2.32 bits per heavy atom. The lowest BCUT2D eigenvalue weighted by Crippen LogP contribution is -2.53. The molecular formula is C31H34Cl2N2O3. The van der Waals surface area contributed by atoms with Crippen molar-refractivity contribution in [2.75, 3.05) is 6.61 Å². The van der Waals surface area contributed by atoms with E-state index >= 15 is 0 Å². The molecule has 0 aromatic heterocycles. The fraction of sp³-hybridized carbons (Fsp3) is 0.355. The molecule has 4 rings (SSSR count). The first-order valence-electron chi connectivity index (χ1n) is 13.2. The first-order valence-corrected chi connectivity index (χ1v) is 13.9. The Kier molecular flexibility index (Phi) is 10.1. The third-order valence-electron chi connectivity index (χ3n) is 6.94. The zero-order chi connectivity index (χ0) is 26.9. The number of carbonyl (C=O) groups excluding carboxylic acids is 2. The maximum Gasteiger partial charge on any atom is 0.261 e.